The summed E-state index contributed by atoms with van der Waals surface area (Å²) in [5.41, 5.74) is 19.0. The highest BCUT2D eigenvalue weighted by molar-refractivity contribution is 9.10. The Morgan fingerprint density at radius 3 is 1.29 bits per heavy atom. The number of Topliss-reactive ketones (excluding diaryl/α,β-unsaturated/α-hetero) is 1. The molecular weight excluding hydrogens is 1470 g/mol. The van der Waals surface area contributed by atoms with Gasteiger partial charge in [-0.05, 0) is 137 Å². The quantitative estimate of drug-likeness (QED) is 0.0352. The van der Waals surface area contributed by atoms with Crippen LogP contribution in [-0.4, -0.2) is 150 Å². The number of carbonyl (C=O) groups is 7. The van der Waals surface area contributed by atoms with Gasteiger partial charge in [-0.1, -0.05) is 23.8 Å². The van der Waals surface area contributed by atoms with Crippen molar-refractivity contribution in [2.45, 2.75) is 71.1 Å². The number of primary amides is 3. The second kappa shape index (κ2) is 32.8. The average molecular weight is 1520 g/mol. The number of carboxylic acids is 1. The number of amides is 4. The molecule has 0 saturated carbocycles. The van der Waals surface area contributed by atoms with Crippen LogP contribution in [0.1, 0.15) is 98.5 Å². The van der Waals surface area contributed by atoms with Gasteiger partial charge in [0.05, 0.1) is 85.1 Å². The van der Waals surface area contributed by atoms with Gasteiger partial charge in [0.15, 0.2) is 50.9 Å². The summed E-state index contributed by atoms with van der Waals surface area (Å²) < 4.78 is 75.1. The number of benzene rings is 3. The Morgan fingerprint density at radius 1 is 0.549 bits per heavy atom. The highest BCUT2D eigenvalue weighted by Crippen LogP contribution is 2.27. The fourth-order valence-electron chi connectivity index (χ4n) is 9.54. The van der Waals surface area contributed by atoms with Crippen molar-refractivity contribution >= 4 is 106 Å². The summed E-state index contributed by atoms with van der Waals surface area (Å²) in [5.74, 6) is 10.0. The van der Waals surface area contributed by atoms with E-state index in [-0.39, 0.29) is 72.8 Å². The summed E-state index contributed by atoms with van der Waals surface area (Å²) in [4.78, 5) is 120. The van der Waals surface area contributed by atoms with Crippen molar-refractivity contribution in [1.29, 1.82) is 0 Å². The topological polar surface area (TPSA) is 400 Å². The second-order valence-corrected chi connectivity index (χ2v) is 23.9. The molecule has 35 heteroatoms. The third-order valence-electron chi connectivity index (χ3n) is 13.7. The largest absolute Gasteiger partial charge is 0.480 e. The number of aliphatic carboxylic acids is 1. The SMILES string of the molecule is CC(C)(C)OC(=O)Cn1nc(C(N)=O)c2cc(C#Cc3ncc(F)cn3)ccc21.Fc1cnc(Br)nc1.NC(=O)c1nn(CC(=O)N2C[C@H](F)C[C@H]2C(=O)Cc2cccc(Br)n2)c2ccc(C#Cc3ncc(F)cn3)cc12.NC(=O)c1nn(CC(=O)O)c2ccc(C#Cc3ncc(F)cn3)cc12. The lowest BCUT2D eigenvalue weighted by Crippen LogP contribution is -2.43. The van der Waals surface area contributed by atoms with E-state index in [4.69, 9.17) is 27.0 Å². The van der Waals surface area contributed by atoms with Crippen LogP contribution >= 0.6 is 31.9 Å². The lowest BCUT2D eigenvalue weighted by Gasteiger charge is -2.23. The van der Waals surface area contributed by atoms with Crippen LogP contribution in [-0.2, 0) is 50.0 Å². The number of nitrogens with two attached hydrogens (primary N) is 3. The van der Waals surface area contributed by atoms with E-state index in [1.54, 1.807) is 93.6 Å². The van der Waals surface area contributed by atoms with Gasteiger partial charge in [-0.3, -0.25) is 47.6 Å². The number of carbonyl (C=O) groups excluding carboxylic acids is 6. The molecule has 28 nitrogen and oxygen atoms in total. The number of ketones is 1. The van der Waals surface area contributed by atoms with E-state index in [9.17, 15) is 55.5 Å². The van der Waals surface area contributed by atoms with Gasteiger partial charge in [0.25, 0.3) is 17.7 Å². The van der Waals surface area contributed by atoms with Crippen LogP contribution in [0.4, 0.5) is 22.0 Å². The molecule has 1 aliphatic heterocycles. The Morgan fingerprint density at radius 2 is 0.931 bits per heavy atom. The number of carboxylic acid groups (broad SMARTS) is 1. The molecule has 2 atom stereocenters. The molecule has 11 aromatic rings. The Hall–Kier alpha value is -12.7. The molecule has 8 aromatic heterocycles. The van der Waals surface area contributed by atoms with Crippen LogP contribution in [0, 0.1) is 58.8 Å². The Labute approximate surface area is 589 Å². The van der Waals surface area contributed by atoms with Gasteiger partial charge in [0.2, 0.25) is 23.4 Å². The number of halogens is 7. The maximum Gasteiger partial charge on any atom is 0.328 e. The molecule has 0 unspecified atom stereocenters. The number of hydrogen-bond acceptors (Lipinski definition) is 20. The molecule has 0 radical (unpaired) electrons. The maximum absolute atomic E-state index is 14.4. The van der Waals surface area contributed by atoms with Crippen molar-refractivity contribution < 1.29 is 65.4 Å². The van der Waals surface area contributed by atoms with Crippen LogP contribution in [0.2, 0.25) is 0 Å². The number of aromatic nitrogens is 15. The molecule has 1 fully saturated rings. The number of likely N-dealkylation sites (tertiary alicyclic amines) is 1. The molecule has 1 saturated heterocycles. The minimum Gasteiger partial charge on any atom is -0.480 e. The molecule has 12 rings (SSSR count). The van der Waals surface area contributed by atoms with Gasteiger partial charge >= 0.3 is 11.9 Å². The first-order valence-electron chi connectivity index (χ1n) is 29.6. The van der Waals surface area contributed by atoms with E-state index in [2.05, 4.69) is 128 Å². The third kappa shape index (κ3) is 20.0. The van der Waals surface area contributed by atoms with Crippen molar-refractivity contribution in [3.8, 4) is 35.5 Å². The normalized spacial score (nSPS) is 12.9. The first kappa shape index (κ1) is 73.6. The molecule has 9 heterocycles. The molecule has 3 aromatic carbocycles. The number of ether oxygens (including phenoxy) is 1. The monoisotopic (exact) mass is 1520 g/mol. The van der Waals surface area contributed by atoms with Crippen molar-refractivity contribution in [2.75, 3.05) is 6.54 Å². The van der Waals surface area contributed by atoms with Crippen LogP contribution in [0.25, 0.3) is 32.7 Å². The van der Waals surface area contributed by atoms with Crippen molar-refractivity contribution in [1.82, 2.24) is 79.1 Å². The Kier molecular flexibility index (Phi) is 23.6. The van der Waals surface area contributed by atoms with Crippen LogP contribution in [0.15, 0.2) is 132 Å². The van der Waals surface area contributed by atoms with Gasteiger partial charge < -0.3 is 31.9 Å². The van der Waals surface area contributed by atoms with E-state index in [0.29, 0.717) is 64.4 Å². The molecule has 7 N–H and O–H groups in total. The molecule has 1 aliphatic rings. The zero-order valence-electron chi connectivity index (χ0n) is 53.2. The number of pyridine rings is 1. The lowest BCUT2D eigenvalue weighted by molar-refractivity contribution is -0.155. The van der Waals surface area contributed by atoms with Crippen LogP contribution < -0.4 is 17.2 Å². The molecular formula is C67H50Br2F5N19O9. The van der Waals surface area contributed by atoms with E-state index in [0.717, 1.165) is 49.6 Å². The van der Waals surface area contributed by atoms with Crippen LogP contribution in [0.3, 0.4) is 0 Å². The lowest BCUT2D eigenvalue weighted by atomic mass is 10.0. The second-order valence-electron chi connectivity index (χ2n) is 22.4. The summed E-state index contributed by atoms with van der Waals surface area (Å²) >= 11 is 6.22. The van der Waals surface area contributed by atoms with E-state index >= 15 is 0 Å². The number of nitrogens with zero attached hydrogens (tertiary/aromatic N) is 16. The first-order valence-corrected chi connectivity index (χ1v) is 31.2. The van der Waals surface area contributed by atoms with Crippen LogP contribution in [0.5, 0.6) is 0 Å². The number of alkyl halides is 1. The molecule has 4 amide bonds. The Balaban J connectivity index is 0.000000173. The van der Waals surface area contributed by atoms with Crippen molar-refractivity contribution in [3.05, 3.63) is 212 Å². The third-order valence-corrected chi connectivity index (χ3v) is 14.5. The highest BCUT2D eigenvalue weighted by Gasteiger charge is 2.40. The standard InChI is InChI=1S/C27H20BrF2N7O3.C20H18FN5O3.C16H10FN5O3.C4H2BrFN2/c28-23-3-1-2-18(34-23)10-22(38)21-9-16(29)13-36(21)25(39)14-37-20-6-4-15(8-19(20)26(35-37)27(31)40)5-7-24-32-11-17(30)12-33-24;1-20(2,3)29-17(27)11-26-15-6-4-12(8-14(15)18(25-26)19(22)28)5-7-16-23-9-13(21)10-24-16;17-10-6-19-13(20-7-10)4-2-9-1-3-12-11(5-9)15(16(18)25)21-22(12)8-14(23)24;5-4-7-1-3(6)2-8-4/h1-4,6,8,11-12,16,21H,9-10,13-14H2,(H2,31,40);4,6,8-10H,11H2,1-3H3,(H2,22,28);1,3,5-7H,8H2,(H2,18,25)(H,23,24);1-2H/t16-,21+;;;/m1.../s1. The van der Waals surface area contributed by atoms with Gasteiger partial charge in [-0.25, -0.2) is 66.8 Å². The van der Waals surface area contributed by atoms with Crippen molar-refractivity contribution in [2.24, 2.45) is 17.2 Å². The molecule has 0 bridgehead atoms. The molecule has 102 heavy (non-hydrogen) atoms. The van der Waals surface area contributed by atoms with Crippen molar-refractivity contribution in [3.63, 3.8) is 0 Å². The summed E-state index contributed by atoms with van der Waals surface area (Å²) in [7, 11) is 0. The van der Waals surface area contributed by atoms with E-state index in [1.165, 1.54) is 18.9 Å². The molecule has 0 spiro atoms. The number of fused-ring (bicyclic) bond motifs is 3. The zero-order valence-corrected chi connectivity index (χ0v) is 56.4. The minimum atomic E-state index is -1.35. The fourth-order valence-corrected chi connectivity index (χ4v) is 10.1. The summed E-state index contributed by atoms with van der Waals surface area (Å²) in [6.07, 6.45) is 6.71. The molecule has 516 valence electrons. The first-order chi connectivity index (χ1) is 48.5. The molecule has 0 aliphatic carbocycles. The fraction of sp³-hybridized carbons (Fsp3) is 0.179. The summed E-state index contributed by atoms with van der Waals surface area (Å²) in [6, 6.07) is 18.8. The highest BCUT2D eigenvalue weighted by atomic mass is 79.9. The Bertz CT molecular complexity index is 5240. The smallest absolute Gasteiger partial charge is 0.328 e. The van der Waals surface area contributed by atoms with Gasteiger partial charge in [-0.2, -0.15) is 15.3 Å². The van der Waals surface area contributed by atoms with E-state index in [1.807, 2.05) is 0 Å². The average Bonchev–Trinajstić information content (AvgIpc) is 1.65. The minimum absolute atomic E-state index is 0.0187. The number of hydrogen-bond donors (Lipinski definition) is 4. The summed E-state index contributed by atoms with van der Waals surface area (Å²) in [6.45, 7) is 4.13. The van der Waals surface area contributed by atoms with Gasteiger partial charge in [0.1, 0.15) is 36.0 Å². The van der Waals surface area contributed by atoms with E-state index < -0.39 is 83.2 Å². The number of esters is 1. The zero-order chi connectivity index (χ0) is 73.5. The number of rotatable bonds is 12. The van der Waals surface area contributed by atoms with Gasteiger partial charge in [0, 0.05) is 45.0 Å². The predicted octanol–water partition coefficient (Wildman–Crippen LogP) is 6.11. The maximum atomic E-state index is 14.4. The predicted molar refractivity (Wildman–Crippen MR) is 357 cm³/mol. The van der Waals surface area contributed by atoms with Gasteiger partial charge in [-0.15, -0.1) is 0 Å². The summed E-state index contributed by atoms with van der Waals surface area (Å²) in [5, 5.41) is 22.4.